The van der Waals surface area contributed by atoms with Gasteiger partial charge in [-0.3, -0.25) is 4.79 Å². The van der Waals surface area contributed by atoms with Crippen molar-refractivity contribution in [3.63, 3.8) is 0 Å². The van der Waals surface area contributed by atoms with Crippen LogP contribution < -0.4 is 4.74 Å². The Balaban J connectivity index is 1.46. The Morgan fingerprint density at radius 2 is 2.00 bits per heavy atom. The van der Waals surface area contributed by atoms with Gasteiger partial charge in [-0.1, -0.05) is 12.1 Å². The van der Waals surface area contributed by atoms with Crippen molar-refractivity contribution in [2.75, 3.05) is 26.7 Å². The van der Waals surface area contributed by atoms with E-state index < -0.39 is 15.4 Å². The molecule has 1 aliphatic carbocycles. The molecule has 25 heavy (non-hydrogen) atoms. The van der Waals surface area contributed by atoms with Gasteiger partial charge in [0.05, 0.1) is 17.8 Å². The van der Waals surface area contributed by atoms with Crippen molar-refractivity contribution >= 4 is 15.9 Å². The van der Waals surface area contributed by atoms with E-state index in [1.807, 2.05) is 29.2 Å². The summed E-state index contributed by atoms with van der Waals surface area (Å²) in [6.07, 6.45) is 2.92. The number of ether oxygens (including phenoxy) is 1. The molecule has 1 spiro atoms. The van der Waals surface area contributed by atoms with Crippen LogP contribution in [0.25, 0.3) is 0 Å². The number of nitrogens with zero attached hydrogens (tertiary/aromatic N) is 2. The summed E-state index contributed by atoms with van der Waals surface area (Å²) in [5.41, 5.74) is 0.520. The van der Waals surface area contributed by atoms with Crippen LogP contribution in [0.1, 0.15) is 31.2 Å². The molecule has 2 saturated heterocycles. The molecule has 0 bridgehead atoms. The van der Waals surface area contributed by atoms with E-state index in [1.54, 1.807) is 11.4 Å². The molecule has 6 nitrogen and oxygen atoms in total. The van der Waals surface area contributed by atoms with Gasteiger partial charge in [0.15, 0.2) is 0 Å². The van der Waals surface area contributed by atoms with Crippen LogP contribution in [0.2, 0.25) is 0 Å². The first-order valence-electron chi connectivity index (χ1n) is 8.86. The number of hydrogen-bond acceptors (Lipinski definition) is 4. The lowest BCUT2D eigenvalue weighted by Gasteiger charge is -2.23. The van der Waals surface area contributed by atoms with Crippen LogP contribution in [-0.4, -0.2) is 55.5 Å². The summed E-state index contributed by atoms with van der Waals surface area (Å²) < 4.78 is 31.8. The second kappa shape index (κ2) is 5.99. The molecule has 4 rings (SSSR count). The Bertz CT molecular complexity index is 790. The Morgan fingerprint density at radius 3 is 2.72 bits per heavy atom. The minimum Gasteiger partial charge on any atom is -0.497 e. The molecule has 0 N–H and O–H groups in total. The quantitative estimate of drug-likeness (QED) is 0.796. The topological polar surface area (TPSA) is 66.9 Å². The number of carbonyl (C=O) groups is 1. The van der Waals surface area contributed by atoms with Crippen molar-refractivity contribution in [3.8, 4) is 5.75 Å². The molecule has 1 aromatic carbocycles. The van der Waals surface area contributed by atoms with Crippen molar-refractivity contribution in [2.24, 2.45) is 5.41 Å². The highest BCUT2D eigenvalue weighted by atomic mass is 32.2. The summed E-state index contributed by atoms with van der Waals surface area (Å²) in [5.74, 6) is 0.880. The van der Waals surface area contributed by atoms with E-state index in [1.165, 1.54) is 0 Å². The molecule has 2 aliphatic heterocycles. The monoisotopic (exact) mass is 364 g/mol. The Hall–Kier alpha value is -1.60. The summed E-state index contributed by atoms with van der Waals surface area (Å²) >= 11 is 0. The third kappa shape index (κ3) is 2.93. The zero-order valence-electron chi connectivity index (χ0n) is 14.5. The lowest BCUT2D eigenvalue weighted by atomic mass is 9.86. The lowest BCUT2D eigenvalue weighted by Crippen LogP contribution is -2.39. The summed E-state index contributed by atoms with van der Waals surface area (Å²) in [4.78, 5) is 14.9. The van der Waals surface area contributed by atoms with E-state index in [0.29, 0.717) is 32.6 Å². The summed E-state index contributed by atoms with van der Waals surface area (Å²) in [5, 5.41) is -0.202. The standard InChI is InChI=1S/C18H24N2O4S/c1-24-15-4-2-3-14(11-15)12-19-9-7-18(17(19)21)8-10-20(13-18)25(22,23)16-5-6-16/h2-4,11,16H,5-10,12-13H2,1H3. The van der Waals surface area contributed by atoms with Gasteiger partial charge in [-0.05, 0) is 43.4 Å². The Labute approximate surface area is 148 Å². The molecular formula is C18H24N2O4S. The third-order valence-electron chi connectivity index (χ3n) is 5.73. The van der Waals surface area contributed by atoms with Crippen molar-refractivity contribution in [1.82, 2.24) is 9.21 Å². The van der Waals surface area contributed by atoms with E-state index in [9.17, 15) is 13.2 Å². The van der Waals surface area contributed by atoms with Gasteiger partial charge in [-0.15, -0.1) is 0 Å². The van der Waals surface area contributed by atoms with Gasteiger partial charge < -0.3 is 9.64 Å². The fourth-order valence-corrected chi connectivity index (χ4v) is 5.97. The third-order valence-corrected chi connectivity index (χ3v) is 8.08. The number of rotatable bonds is 5. The summed E-state index contributed by atoms with van der Waals surface area (Å²) in [7, 11) is -1.56. The second-order valence-electron chi connectivity index (χ2n) is 7.44. The molecule has 1 atom stereocenters. The highest BCUT2D eigenvalue weighted by Gasteiger charge is 2.54. The maximum Gasteiger partial charge on any atom is 0.230 e. The highest BCUT2D eigenvalue weighted by Crippen LogP contribution is 2.44. The molecule has 1 aromatic rings. The molecule has 0 radical (unpaired) electrons. The molecular weight excluding hydrogens is 340 g/mol. The van der Waals surface area contributed by atoms with E-state index in [2.05, 4.69) is 0 Å². The van der Waals surface area contributed by atoms with E-state index in [0.717, 1.165) is 30.6 Å². The average molecular weight is 364 g/mol. The highest BCUT2D eigenvalue weighted by molar-refractivity contribution is 7.90. The maximum absolute atomic E-state index is 13.0. The van der Waals surface area contributed by atoms with Gasteiger partial charge in [0.2, 0.25) is 15.9 Å². The molecule has 1 unspecified atom stereocenters. The summed E-state index contributed by atoms with van der Waals surface area (Å²) in [6.45, 7) is 2.08. The van der Waals surface area contributed by atoms with E-state index in [-0.39, 0.29) is 11.2 Å². The van der Waals surface area contributed by atoms with Crippen molar-refractivity contribution in [1.29, 1.82) is 0 Å². The minimum atomic E-state index is -3.19. The van der Waals surface area contributed by atoms with E-state index in [4.69, 9.17) is 4.74 Å². The first-order valence-corrected chi connectivity index (χ1v) is 10.4. The van der Waals surface area contributed by atoms with Gasteiger partial charge >= 0.3 is 0 Å². The van der Waals surface area contributed by atoms with Crippen LogP contribution in [0.15, 0.2) is 24.3 Å². The molecule has 3 aliphatic rings. The Kier molecular flexibility index (Phi) is 4.03. The van der Waals surface area contributed by atoms with E-state index >= 15 is 0 Å². The number of carbonyl (C=O) groups excluding carboxylic acids is 1. The van der Waals surface area contributed by atoms with Crippen LogP contribution >= 0.6 is 0 Å². The van der Waals surface area contributed by atoms with Gasteiger partial charge in [0.1, 0.15) is 5.75 Å². The van der Waals surface area contributed by atoms with Gasteiger partial charge in [-0.2, -0.15) is 0 Å². The number of amides is 1. The number of methoxy groups -OCH3 is 1. The van der Waals surface area contributed by atoms with Gasteiger partial charge in [-0.25, -0.2) is 12.7 Å². The normalized spacial score (nSPS) is 27.4. The van der Waals surface area contributed by atoms with Crippen LogP contribution in [-0.2, 0) is 21.4 Å². The van der Waals surface area contributed by atoms with Crippen molar-refractivity contribution in [2.45, 2.75) is 37.5 Å². The van der Waals surface area contributed by atoms with Crippen LogP contribution in [0.3, 0.4) is 0 Å². The smallest absolute Gasteiger partial charge is 0.230 e. The molecule has 3 fully saturated rings. The second-order valence-corrected chi connectivity index (χ2v) is 9.65. The maximum atomic E-state index is 13.0. The molecule has 136 valence electrons. The predicted molar refractivity (Wildman–Crippen MR) is 93.6 cm³/mol. The zero-order valence-corrected chi connectivity index (χ0v) is 15.3. The van der Waals surface area contributed by atoms with Crippen molar-refractivity contribution < 1.29 is 17.9 Å². The fourth-order valence-electron chi connectivity index (χ4n) is 4.04. The first-order chi connectivity index (χ1) is 11.9. The van der Waals surface area contributed by atoms with Crippen LogP contribution in [0.4, 0.5) is 0 Å². The summed E-state index contributed by atoms with van der Waals surface area (Å²) in [6, 6.07) is 7.73. The Morgan fingerprint density at radius 1 is 1.24 bits per heavy atom. The average Bonchev–Trinajstić information content (AvgIpc) is 3.33. The van der Waals surface area contributed by atoms with Crippen molar-refractivity contribution in [3.05, 3.63) is 29.8 Å². The number of benzene rings is 1. The fraction of sp³-hybridized carbons (Fsp3) is 0.611. The number of likely N-dealkylation sites (tertiary alicyclic amines) is 1. The van der Waals surface area contributed by atoms with Crippen LogP contribution in [0, 0.1) is 5.41 Å². The SMILES string of the molecule is COc1cccc(CN2CCC3(CCN(S(=O)(=O)C4CC4)C3)C2=O)c1. The minimum absolute atomic E-state index is 0.101. The zero-order chi connectivity index (χ0) is 17.7. The van der Waals surface area contributed by atoms with Gasteiger partial charge in [0.25, 0.3) is 0 Å². The predicted octanol–water partition coefficient (Wildman–Crippen LogP) is 1.61. The number of sulfonamides is 1. The number of hydrogen-bond donors (Lipinski definition) is 0. The molecule has 1 saturated carbocycles. The van der Waals surface area contributed by atoms with Gasteiger partial charge in [0, 0.05) is 26.2 Å². The molecule has 1 amide bonds. The first kappa shape index (κ1) is 16.8. The lowest BCUT2D eigenvalue weighted by molar-refractivity contribution is -0.135. The molecule has 7 heteroatoms. The van der Waals surface area contributed by atoms with Crippen LogP contribution in [0.5, 0.6) is 5.75 Å². The molecule has 2 heterocycles. The molecule has 0 aromatic heterocycles. The largest absolute Gasteiger partial charge is 0.497 e.